The van der Waals surface area contributed by atoms with Crippen molar-refractivity contribution < 1.29 is 13.3 Å². The van der Waals surface area contributed by atoms with Gasteiger partial charge in [0.2, 0.25) is 0 Å². The topological polar surface area (TPSA) is 35.5 Å². The van der Waals surface area contributed by atoms with Gasteiger partial charge in [-0.15, -0.1) is 0 Å². The second-order valence-corrected chi connectivity index (χ2v) is 8.95. The zero-order valence-corrected chi connectivity index (χ0v) is 9.63. The summed E-state index contributed by atoms with van der Waals surface area (Å²) in [5, 5.41) is 0. The van der Waals surface area contributed by atoms with Crippen molar-refractivity contribution in [1.82, 2.24) is 0 Å². The third-order valence-electron chi connectivity index (χ3n) is 0.860. The lowest BCUT2D eigenvalue weighted by Gasteiger charge is -2.16. The Balaban J connectivity index is 3.42. The van der Waals surface area contributed by atoms with Crippen LogP contribution in [0, 0.1) is 0 Å². The zero-order valence-electron chi connectivity index (χ0n) is 7.22. The molecule has 5 heteroatoms. The Hall–Kier alpha value is -0.396. The second-order valence-electron chi connectivity index (χ2n) is 3.04. The van der Waals surface area contributed by atoms with E-state index in [4.69, 9.17) is 8.54 Å². The highest BCUT2D eigenvalue weighted by Crippen LogP contribution is 2.00. The molecule has 0 spiro atoms. The standard InChI is InChI=1S/C6H14O3Si2/c1-5-6(7)8-10-9-11(2,3)4/h5H,1,10H2,2-4H3. The molecule has 3 nitrogen and oxygen atoms in total. The van der Waals surface area contributed by atoms with Gasteiger partial charge in [-0.05, 0) is 19.6 Å². The van der Waals surface area contributed by atoms with Crippen molar-refractivity contribution in [3.63, 3.8) is 0 Å². The maximum Gasteiger partial charge on any atom is 0.359 e. The van der Waals surface area contributed by atoms with E-state index in [0.717, 1.165) is 6.08 Å². The fourth-order valence-corrected chi connectivity index (χ4v) is 2.21. The van der Waals surface area contributed by atoms with Gasteiger partial charge in [-0.2, -0.15) is 0 Å². The molecule has 0 bridgehead atoms. The van der Waals surface area contributed by atoms with E-state index >= 15 is 0 Å². The molecule has 0 heterocycles. The van der Waals surface area contributed by atoms with Crippen LogP contribution in [0.15, 0.2) is 12.7 Å². The molecule has 0 aromatic heterocycles. The predicted octanol–water partition coefficient (Wildman–Crippen LogP) is 0.566. The molecule has 0 amide bonds. The maximum absolute atomic E-state index is 10.5. The molecule has 0 rings (SSSR count). The highest BCUT2D eigenvalue weighted by Gasteiger charge is 2.14. The van der Waals surface area contributed by atoms with Gasteiger partial charge in [0.1, 0.15) is 0 Å². The van der Waals surface area contributed by atoms with Crippen LogP contribution in [0.5, 0.6) is 0 Å². The molecule has 0 unspecified atom stereocenters. The van der Waals surface area contributed by atoms with Crippen LogP contribution in [0.2, 0.25) is 19.6 Å². The molecule has 0 N–H and O–H groups in total. The average molecular weight is 190 g/mol. The monoisotopic (exact) mass is 190 g/mol. The van der Waals surface area contributed by atoms with Crippen LogP contribution in [-0.4, -0.2) is 24.3 Å². The first-order valence-corrected chi connectivity index (χ1v) is 7.95. The quantitative estimate of drug-likeness (QED) is 0.480. The van der Waals surface area contributed by atoms with Gasteiger partial charge >= 0.3 is 16.0 Å². The van der Waals surface area contributed by atoms with Crippen LogP contribution < -0.4 is 0 Å². The molecule has 0 aliphatic carbocycles. The van der Waals surface area contributed by atoms with Crippen molar-refractivity contribution in [3.8, 4) is 0 Å². The van der Waals surface area contributed by atoms with E-state index in [9.17, 15) is 4.79 Å². The van der Waals surface area contributed by atoms with Crippen LogP contribution in [0.1, 0.15) is 0 Å². The molecule has 0 fully saturated rings. The Kier molecular flexibility index (Phi) is 4.31. The summed E-state index contributed by atoms with van der Waals surface area (Å²) in [6.45, 7) is 9.45. The Bertz CT molecular complexity index is 150. The molecular weight excluding hydrogens is 176 g/mol. The SMILES string of the molecule is C=CC(=O)O[SiH2]O[Si](C)(C)C. The Labute approximate surface area is 70.6 Å². The Morgan fingerprint density at radius 2 is 2.09 bits per heavy atom. The minimum atomic E-state index is -1.49. The van der Waals surface area contributed by atoms with Crippen LogP contribution >= 0.6 is 0 Å². The van der Waals surface area contributed by atoms with Crippen LogP contribution in [0.4, 0.5) is 0 Å². The number of carbonyl (C=O) groups excluding carboxylic acids is 1. The third kappa shape index (κ3) is 7.50. The molecule has 0 atom stereocenters. The predicted molar refractivity (Wildman–Crippen MR) is 49.3 cm³/mol. The smallest absolute Gasteiger partial charge is 0.359 e. The molecule has 0 aromatic carbocycles. The van der Waals surface area contributed by atoms with E-state index in [1.54, 1.807) is 0 Å². The highest BCUT2D eigenvalue weighted by atomic mass is 28.4. The number of hydrogen-bond acceptors (Lipinski definition) is 3. The van der Waals surface area contributed by atoms with E-state index in [1.165, 1.54) is 0 Å². The zero-order chi connectivity index (χ0) is 8.91. The second kappa shape index (κ2) is 4.48. The van der Waals surface area contributed by atoms with Crippen molar-refractivity contribution in [1.29, 1.82) is 0 Å². The van der Waals surface area contributed by atoms with Gasteiger partial charge in [-0.3, -0.25) is 0 Å². The lowest BCUT2D eigenvalue weighted by Crippen LogP contribution is -2.29. The fraction of sp³-hybridized carbons (Fsp3) is 0.500. The van der Waals surface area contributed by atoms with Gasteiger partial charge in [0.25, 0.3) is 0 Å². The molecular formula is C6H14O3Si2. The van der Waals surface area contributed by atoms with Crippen molar-refractivity contribution in [2.45, 2.75) is 19.6 Å². The van der Waals surface area contributed by atoms with E-state index in [2.05, 4.69) is 26.2 Å². The summed E-state index contributed by atoms with van der Waals surface area (Å²) in [6, 6.07) is 0. The van der Waals surface area contributed by atoms with Gasteiger partial charge in [0.05, 0.1) is 0 Å². The molecule has 11 heavy (non-hydrogen) atoms. The third-order valence-corrected chi connectivity index (χ3v) is 5.20. The fourth-order valence-electron chi connectivity index (χ4n) is 0.323. The van der Waals surface area contributed by atoms with Gasteiger partial charge in [0, 0.05) is 6.08 Å². The van der Waals surface area contributed by atoms with Gasteiger partial charge < -0.3 is 8.54 Å². The summed E-state index contributed by atoms with van der Waals surface area (Å²) in [4.78, 5) is 10.5. The molecule has 0 aromatic rings. The highest BCUT2D eigenvalue weighted by molar-refractivity contribution is 6.73. The summed E-state index contributed by atoms with van der Waals surface area (Å²) >= 11 is 0. The molecule has 0 radical (unpaired) electrons. The normalized spacial score (nSPS) is 11.9. The van der Waals surface area contributed by atoms with Crippen LogP contribution in [-0.2, 0) is 13.3 Å². The van der Waals surface area contributed by atoms with Crippen molar-refractivity contribution in [3.05, 3.63) is 12.7 Å². The summed E-state index contributed by atoms with van der Waals surface area (Å²) < 4.78 is 10.2. The first-order valence-electron chi connectivity index (χ1n) is 3.39. The number of rotatable bonds is 4. The van der Waals surface area contributed by atoms with Crippen molar-refractivity contribution in [2.24, 2.45) is 0 Å². The van der Waals surface area contributed by atoms with Crippen molar-refractivity contribution in [2.75, 3.05) is 0 Å². The van der Waals surface area contributed by atoms with Crippen molar-refractivity contribution >= 4 is 24.3 Å². The molecule has 0 saturated heterocycles. The molecule has 0 saturated carbocycles. The lowest BCUT2D eigenvalue weighted by molar-refractivity contribution is -0.129. The summed E-state index contributed by atoms with van der Waals surface area (Å²) in [7, 11) is -2.60. The van der Waals surface area contributed by atoms with Crippen LogP contribution in [0.25, 0.3) is 0 Å². The number of carbonyl (C=O) groups is 1. The number of hydrogen-bond donors (Lipinski definition) is 0. The first kappa shape index (κ1) is 10.6. The van der Waals surface area contributed by atoms with E-state index < -0.39 is 18.3 Å². The van der Waals surface area contributed by atoms with Crippen LogP contribution in [0.3, 0.4) is 0 Å². The Morgan fingerprint density at radius 1 is 1.55 bits per heavy atom. The first-order chi connectivity index (χ1) is 4.95. The van der Waals surface area contributed by atoms with Gasteiger partial charge in [-0.25, -0.2) is 4.79 Å². The Morgan fingerprint density at radius 3 is 2.45 bits per heavy atom. The largest absolute Gasteiger partial charge is 0.497 e. The average Bonchev–Trinajstić information content (AvgIpc) is 1.85. The summed E-state index contributed by atoms with van der Waals surface area (Å²) in [6.07, 6.45) is 1.15. The van der Waals surface area contributed by atoms with Gasteiger partial charge in [0.15, 0.2) is 8.32 Å². The van der Waals surface area contributed by atoms with E-state index in [0.29, 0.717) is 0 Å². The summed E-state index contributed by atoms with van der Waals surface area (Å²) in [5.41, 5.74) is 0. The minimum absolute atomic E-state index is 0.380. The molecule has 0 aliphatic heterocycles. The minimum Gasteiger partial charge on any atom is -0.497 e. The van der Waals surface area contributed by atoms with E-state index in [-0.39, 0.29) is 5.97 Å². The van der Waals surface area contributed by atoms with Gasteiger partial charge in [-0.1, -0.05) is 6.58 Å². The molecule has 0 aliphatic rings. The maximum atomic E-state index is 10.5. The molecule has 64 valence electrons. The lowest BCUT2D eigenvalue weighted by atomic mass is 10.7. The van der Waals surface area contributed by atoms with E-state index in [1.807, 2.05) is 0 Å². The summed E-state index contributed by atoms with van der Waals surface area (Å²) in [5.74, 6) is -0.380.